The fourth-order valence-corrected chi connectivity index (χ4v) is 1.50. The average Bonchev–Trinajstić information content (AvgIpc) is 2.88. The number of rotatable bonds is 5. The molecule has 0 bridgehead atoms. The molecule has 0 fully saturated rings. The molecule has 7 nitrogen and oxygen atoms in total. The molecule has 0 saturated heterocycles. The number of aromatic nitrogens is 4. The summed E-state index contributed by atoms with van der Waals surface area (Å²) in [7, 11) is 0. The maximum Gasteiger partial charge on any atom is 0.255 e. The maximum atomic E-state index is 11.8. The molecule has 2 aromatic rings. The number of anilines is 1. The van der Waals surface area contributed by atoms with Crippen molar-refractivity contribution in [1.29, 1.82) is 0 Å². The first-order valence-corrected chi connectivity index (χ1v) is 5.60. The first-order chi connectivity index (χ1) is 8.77. The number of hydrogen-bond donors (Lipinski definition) is 2. The molecule has 0 unspecified atom stereocenters. The summed E-state index contributed by atoms with van der Waals surface area (Å²) in [6.07, 6.45) is 5.72. The van der Waals surface area contributed by atoms with Crippen LogP contribution in [0.5, 0.6) is 0 Å². The lowest BCUT2D eigenvalue weighted by atomic mass is 10.2. The molecule has 2 aromatic heterocycles. The molecule has 2 rings (SSSR count). The van der Waals surface area contributed by atoms with Crippen LogP contribution in [-0.2, 0) is 6.54 Å². The Kier molecular flexibility index (Phi) is 3.85. The Bertz CT molecular complexity index is 510. The van der Waals surface area contributed by atoms with Gasteiger partial charge >= 0.3 is 0 Å². The van der Waals surface area contributed by atoms with Gasteiger partial charge in [-0.3, -0.25) is 9.48 Å². The van der Waals surface area contributed by atoms with Gasteiger partial charge in [-0.2, -0.15) is 0 Å². The molecule has 0 aliphatic carbocycles. The Hall–Kier alpha value is -2.44. The van der Waals surface area contributed by atoms with Gasteiger partial charge in [0.15, 0.2) is 0 Å². The van der Waals surface area contributed by atoms with E-state index in [0.717, 1.165) is 6.42 Å². The van der Waals surface area contributed by atoms with Gasteiger partial charge in [0.1, 0.15) is 5.82 Å². The monoisotopic (exact) mass is 246 g/mol. The smallest absolute Gasteiger partial charge is 0.255 e. The molecule has 3 N–H and O–H groups in total. The molecule has 1 amide bonds. The van der Waals surface area contributed by atoms with E-state index in [1.807, 2.05) is 0 Å². The number of pyridine rings is 1. The number of hydrogen-bond acceptors (Lipinski definition) is 5. The fourth-order valence-electron chi connectivity index (χ4n) is 1.50. The van der Waals surface area contributed by atoms with Crippen molar-refractivity contribution in [2.24, 2.45) is 0 Å². The van der Waals surface area contributed by atoms with Gasteiger partial charge in [0.25, 0.3) is 5.91 Å². The number of amides is 1. The van der Waals surface area contributed by atoms with Crippen molar-refractivity contribution in [3.05, 3.63) is 36.3 Å². The van der Waals surface area contributed by atoms with Crippen molar-refractivity contribution in [2.75, 3.05) is 12.3 Å². The van der Waals surface area contributed by atoms with Crippen LogP contribution in [0.15, 0.2) is 30.7 Å². The van der Waals surface area contributed by atoms with Crippen LogP contribution in [0.3, 0.4) is 0 Å². The normalized spacial score (nSPS) is 10.2. The van der Waals surface area contributed by atoms with E-state index < -0.39 is 0 Å². The molecule has 94 valence electrons. The number of nitrogens with zero attached hydrogens (tertiary/aromatic N) is 4. The van der Waals surface area contributed by atoms with Crippen molar-refractivity contribution in [3.8, 4) is 0 Å². The summed E-state index contributed by atoms with van der Waals surface area (Å²) in [5.74, 6) is 0.0328. The first-order valence-electron chi connectivity index (χ1n) is 5.60. The third-order valence-electron chi connectivity index (χ3n) is 2.40. The summed E-state index contributed by atoms with van der Waals surface area (Å²) < 4.78 is 1.71. The molecule has 0 aliphatic heterocycles. The summed E-state index contributed by atoms with van der Waals surface area (Å²) in [6, 6.07) is 3.33. The van der Waals surface area contributed by atoms with E-state index in [1.165, 1.54) is 0 Å². The predicted molar refractivity (Wildman–Crippen MR) is 65.6 cm³/mol. The largest absolute Gasteiger partial charge is 0.383 e. The highest BCUT2D eigenvalue weighted by atomic mass is 16.1. The third kappa shape index (κ3) is 3.03. The van der Waals surface area contributed by atoms with Crippen LogP contribution in [0.1, 0.15) is 16.8 Å². The average molecular weight is 246 g/mol. The molecule has 7 heteroatoms. The Labute approximate surface area is 104 Å². The molecular formula is C11H14N6O. The highest BCUT2D eigenvalue weighted by molar-refractivity contribution is 5.98. The van der Waals surface area contributed by atoms with Crippen LogP contribution >= 0.6 is 0 Å². The topological polar surface area (TPSA) is 98.7 Å². The SMILES string of the molecule is Nc1ncccc1C(=O)NCCCn1ccnn1. The summed E-state index contributed by atoms with van der Waals surface area (Å²) in [6.45, 7) is 1.26. The zero-order chi connectivity index (χ0) is 12.8. The van der Waals surface area contributed by atoms with E-state index in [4.69, 9.17) is 5.73 Å². The number of nitrogens with one attached hydrogen (secondary N) is 1. The van der Waals surface area contributed by atoms with E-state index in [9.17, 15) is 4.79 Å². The minimum absolute atomic E-state index is 0.209. The zero-order valence-corrected chi connectivity index (χ0v) is 9.78. The molecule has 0 atom stereocenters. The molecule has 0 radical (unpaired) electrons. The van der Waals surface area contributed by atoms with Crippen molar-refractivity contribution >= 4 is 11.7 Å². The second-order valence-corrected chi connectivity index (χ2v) is 3.71. The molecule has 0 spiro atoms. The molecule has 0 aromatic carbocycles. The maximum absolute atomic E-state index is 11.8. The Morgan fingerprint density at radius 2 is 2.33 bits per heavy atom. The van der Waals surface area contributed by atoms with Gasteiger partial charge in [-0.1, -0.05) is 5.21 Å². The van der Waals surface area contributed by atoms with Gasteiger partial charge < -0.3 is 11.1 Å². The second-order valence-electron chi connectivity index (χ2n) is 3.71. The predicted octanol–water partition coefficient (Wildman–Crippen LogP) is 0.0754. The van der Waals surface area contributed by atoms with Gasteiger partial charge in [0, 0.05) is 25.5 Å². The fraction of sp³-hybridized carbons (Fsp3) is 0.273. The molecule has 0 saturated carbocycles. The van der Waals surface area contributed by atoms with Gasteiger partial charge in [-0.05, 0) is 18.6 Å². The number of nitrogens with two attached hydrogens (primary N) is 1. The summed E-state index contributed by atoms with van der Waals surface area (Å²) in [5.41, 5.74) is 6.01. The van der Waals surface area contributed by atoms with Crippen LogP contribution < -0.4 is 11.1 Å². The van der Waals surface area contributed by atoms with E-state index in [-0.39, 0.29) is 11.7 Å². The Morgan fingerprint density at radius 1 is 1.44 bits per heavy atom. The molecule has 2 heterocycles. The van der Waals surface area contributed by atoms with Crippen LogP contribution in [0, 0.1) is 0 Å². The van der Waals surface area contributed by atoms with E-state index in [0.29, 0.717) is 18.7 Å². The third-order valence-corrected chi connectivity index (χ3v) is 2.40. The summed E-state index contributed by atoms with van der Waals surface area (Å²) in [5, 5.41) is 10.3. The number of aryl methyl sites for hydroxylation is 1. The van der Waals surface area contributed by atoms with Crippen molar-refractivity contribution in [1.82, 2.24) is 25.3 Å². The van der Waals surface area contributed by atoms with Gasteiger partial charge in [0.05, 0.1) is 11.8 Å². The highest BCUT2D eigenvalue weighted by Crippen LogP contribution is 2.05. The quantitative estimate of drug-likeness (QED) is 0.728. The van der Waals surface area contributed by atoms with Crippen LogP contribution in [0.25, 0.3) is 0 Å². The van der Waals surface area contributed by atoms with E-state index >= 15 is 0 Å². The standard InChI is InChI=1S/C11H14N6O/c12-10-9(3-1-4-13-10)11(18)14-5-2-7-17-8-6-15-16-17/h1,3-4,6,8H,2,5,7H2,(H2,12,13)(H,14,18). The lowest BCUT2D eigenvalue weighted by molar-refractivity contribution is 0.0953. The number of nitrogen functional groups attached to an aromatic ring is 1. The molecule has 18 heavy (non-hydrogen) atoms. The van der Waals surface area contributed by atoms with Gasteiger partial charge in [-0.25, -0.2) is 4.98 Å². The summed E-state index contributed by atoms with van der Waals surface area (Å²) in [4.78, 5) is 15.6. The van der Waals surface area contributed by atoms with Crippen molar-refractivity contribution < 1.29 is 4.79 Å². The van der Waals surface area contributed by atoms with Crippen molar-refractivity contribution in [2.45, 2.75) is 13.0 Å². The Balaban J connectivity index is 1.77. The lowest BCUT2D eigenvalue weighted by Crippen LogP contribution is -2.26. The number of carbonyl (C=O) groups is 1. The van der Waals surface area contributed by atoms with E-state index in [1.54, 1.807) is 35.4 Å². The second kappa shape index (κ2) is 5.76. The van der Waals surface area contributed by atoms with Crippen LogP contribution in [0.2, 0.25) is 0 Å². The first kappa shape index (κ1) is 12.0. The molecular weight excluding hydrogens is 232 g/mol. The highest BCUT2D eigenvalue weighted by Gasteiger charge is 2.08. The van der Waals surface area contributed by atoms with Crippen molar-refractivity contribution in [3.63, 3.8) is 0 Å². The van der Waals surface area contributed by atoms with Gasteiger partial charge in [0.2, 0.25) is 0 Å². The summed E-state index contributed by atoms with van der Waals surface area (Å²) >= 11 is 0. The lowest BCUT2D eigenvalue weighted by Gasteiger charge is -2.06. The Morgan fingerprint density at radius 3 is 3.06 bits per heavy atom. The minimum atomic E-state index is -0.209. The van der Waals surface area contributed by atoms with Gasteiger partial charge in [-0.15, -0.1) is 5.10 Å². The molecule has 0 aliphatic rings. The number of carbonyl (C=O) groups excluding carboxylic acids is 1. The minimum Gasteiger partial charge on any atom is -0.383 e. The van der Waals surface area contributed by atoms with E-state index in [2.05, 4.69) is 20.6 Å². The zero-order valence-electron chi connectivity index (χ0n) is 9.78. The van der Waals surface area contributed by atoms with Crippen LogP contribution in [0.4, 0.5) is 5.82 Å². The van der Waals surface area contributed by atoms with Crippen LogP contribution in [-0.4, -0.2) is 32.4 Å².